The van der Waals surface area contributed by atoms with Crippen molar-refractivity contribution in [3.8, 4) is 5.75 Å². The van der Waals surface area contributed by atoms with Crippen LogP contribution in [0.4, 0.5) is 24.5 Å². The van der Waals surface area contributed by atoms with Crippen molar-refractivity contribution in [2.24, 2.45) is 0 Å². The third-order valence-electron chi connectivity index (χ3n) is 5.92. The number of halogens is 3. The number of hydrogen-bond acceptors (Lipinski definition) is 7. The van der Waals surface area contributed by atoms with E-state index in [9.17, 15) is 21.6 Å². The summed E-state index contributed by atoms with van der Waals surface area (Å²) in [4.78, 5) is 6.82. The molecule has 3 rings (SSSR count). The molecule has 0 aliphatic carbocycles. The monoisotopic (exact) mass is 464 g/mol. The van der Waals surface area contributed by atoms with E-state index >= 15 is 0 Å². The van der Waals surface area contributed by atoms with Gasteiger partial charge in [0.1, 0.15) is 15.6 Å². The summed E-state index contributed by atoms with van der Waals surface area (Å²) < 4.78 is 64.9. The minimum Gasteiger partial charge on any atom is -0.482 e. The molecule has 0 radical (unpaired) electrons. The molecule has 2 fully saturated rings. The predicted molar refractivity (Wildman–Crippen MR) is 115 cm³/mol. The Kier molecular flexibility index (Phi) is 7.59. The van der Waals surface area contributed by atoms with E-state index in [0.29, 0.717) is 12.6 Å². The van der Waals surface area contributed by atoms with Gasteiger partial charge >= 0.3 is 6.18 Å². The molecule has 0 unspecified atom stereocenters. The quantitative estimate of drug-likeness (QED) is 0.617. The number of hydrogen-bond donors (Lipinski definition) is 1. The topological polar surface area (TPSA) is 79.1 Å². The van der Waals surface area contributed by atoms with E-state index in [1.807, 2.05) is 6.07 Å². The van der Waals surface area contributed by atoms with Crippen LogP contribution in [0.3, 0.4) is 0 Å². The Morgan fingerprint density at radius 1 is 1.10 bits per heavy atom. The largest absolute Gasteiger partial charge is 0.482 e. The number of nitrogens with zero attached hydrogens (tertiary/aromatic N) is 3. The van der Waals surface area contributed by atoms with Crippen molar-refractivity contribution in [1.29, 1.82) is 0 Å². The second-order valence-electron chi connectivity index (χ2n) is 8.35. The number of nitrogen functional groups attached to an aromatic ring is 1. The summed E-state index contributed by atoms with van der Waals surface area (Å²) in [6.07, 6.45) is -1.21. The third-order valence-corrected chi connectivity index (χ3v) is 6.84. The van der Waals surface area contributed by atoms with Crippen LogP contribution >= 0.6 is 0 Å². The molecule has 2 heterocycles. The molecule has 2 aliphatic heterocycles. The zero-order valence-electron chi connectivity index (χ0n) is 17.8. The summed E-state index contributed by atoms with van der Waals surface area (Å²) in [5.41, 5.74) is 6.78. The van der Waals surface area contributed by atoms with Crippen molar-refractivity contribution < 1.29 is 26.3 Å². The molecule has 0 aromatic heterocycles. The standard InChI is InChI=1S/C20H31F3N4O3S/c1-31(28,29)13-12-25-8-10-27(11-9-25)16-4-6-26(7-5-16)17-2-3-18(24)19(14-17)30-15-20(21,22)23/h2-3,14,16H,4-13,15,24H2,1H3. The molecular formula is C20H31F3N4O3S. The van der Waals surface area contributed by atoms with Gasteiger partial charge in [0.05, 0.1) is 11.4 Å². The minimum absolute atomic E-state index is 0.0576. The number of sulfone groups is 1. The molecule has 0 amide bonds. The first-order chi connectivity index (χ1) is 14.5. The van der Waals surface area contributed by atoms with Crippen molar-refractivity contribution in [3.63, 3.8) is 0 Å². The molecule has 1 aromatic carbocycles. The fourth-order valence-corrected chi connectivity index (χ4v) is 4.73. The predicted octanol–water partition coefficient (Wildman–Crippen LogP) is 1.84. The molecule has 31 heavy (non-hydrogen) atoms. The molecule has 11 heteroatoms. The fraction of sp³-hybridized carbons (Fsp3) is 0.700. The first-order valence-electron chi connectivity index (χ1n) is 10.5. The number of benzene rings is 1. The molecule has 1 aromatic rings. The second-order valence-corrected chi connectivity index (χ2v) is 10.6. The van der Waals surface area contributed by atoms with Crippen molar-refractivity contribution >= 4 is 21.2 Å². The van der Waals surface area contributed by atoms with Crippen LogP contribution in [0.5, 0.6) is 5.75 Å². The maximum atomic E-state index is 12.5. The van der Waals surface area contributed by atoms with Gasteiger partial charge in [-0.1, -0.05) is 0 Å². The van der Waals surface area contributed by atoms with E-state index in [0.717, 1.165) is 57.8 Å². The molecule has 0 bridgehead atoms. The Bertz CT molecular complexity index is 835. The Morgan fingerprint density at radius 3 is 2.32 bits per heavy atom. The van der Waals surface area contributed by atoms with Crippen LogP contribution < -0.4 is 15.4 Å². The van der Waals surface area contributed by atoms with Gasteiger partial charge in [-0.25, -0.2) is 8.42 Å². The molecule has 176 valence electrons. The third kappa shape index (κ3) is 7.43. The van der Waals surface area contributed by atoms with Gasteiger partial charge in [-0.05, 0) is 25.0 Å². The highest BCUT2D eigenvalue weighted by Crippen LogP contribution is 2.31. The van der Waals surface area contributed by atoms with Crippen LogP contribution in [0.25, 0.3) is 0 Å². The summed E-state index contributed by atoms with van der Waals surface area (Å²) in [5.74, 6) is 0.254. The van der Waals surface area contributed by atoms with Crippen molar-refractivity contribution in [1.82, 2.24) is 9.80 Å². The number of piperidine rings is 1. The van der Waals surface area contributed by atoms with Gasteiger partial charge in [0, 0.05) is 69.9 Å². The van der Waals surface area contributed by atoms with Gasteiger partial charge in [-0.3, -0.25) is 9.80 Å². The lowest BCUT2D eigenvalue weighted by Gasteiger charge is -2.43. The van der Waals surface area contributed by atoms with Gasteiger partial charge in [-0.2, -0.15) is 13.2 Å². The molecule has 2 saturated heterocycles. The highest BCUT2D eigenvalue weighted by atomic mass is 32.2. The maximum absolute atomic E-state index is 12.5. The van der Waals surface area contributed by atoms with Gasteiger partial charge in [0.25, 0.3) is 0 Å². The van der Waals surface area contributed by atoms with E-state index < -0.39 is 22.6 Å². The Morgan fingerprint density at radius 2 is 1.74 bits per heavy atom. The van der Waals surface area contributed by atoms with Crippen LogP contribution in [-0.4, -0.2) is 94.9 Å². The molecular weight excluding hydrogens is 433 g/mol. The Labute approximate surface area is 181 Å². The number of rotatable bonds is 7. The van der Waals surface area contributed by atoms with Crippen molar-refractivity contribution in [2.75, 3.05) is 75.1 Å². The Hall–Kier alpha value is -1.72. The fourth-order valence-electron chi connectivity index (χ4n) is 4.14. The lowest BCUT2D eigenvalue weighted by molar-refractivity contribution is -0.153. The van der Waals surface area contributed by atoms with Gasteiger partial charge in [0.15, 0.2) is 6.61 Å². The minimum atomic E-state index is -4.41. The maximum Gasteiger partial charge on any atom is 0.422 e. The first kappa shape index (κ1) is 23.9. The van der Waals surface area contributed by atoms with Gasteiger partial charge < -0.3 is 15.4 Å². The van der Waals surface area contributed by atoms with Crippen molar-refractivity contribution in [3.05, 3.63) is 18.2 Å². The summed E-state index contributed by atoms with van der Waals surface area (Å²) in [7, 11) is -2.94. The first-order valence-corrected chi connectivity index (χ1v) is 12.5. The van der Waals surface area contributed by atoms with Crippen LogP contribution in [-0.2, 0) is 9.84 Å². The highest BCUT2D eigenvalue weighted by Gasteiger charge is 2.30. The average Bonchev–Trinajstić information content (AvgIpc) is 2.71. The molecule has 2 aliphatic rings. The summed E-state index contributed by atoms with van der Waals surface area (Å²) >= 11 is 0. The summed E-state index contributed by atoms with van der Waals surface area (Å²) in [5, 5.41) is 0. The van der Waals surface area contributed by atoms with Crippen molar-refractivity contribution in [2.45, 2.75) is 25.1 Å². The normalized spacial score (nSPS) is 20.2. The molecule has 0 saturated carbocycles. The van der Waals surface area contributed by atoms with E-state index in [-0.39, 0.29) is 17.2 Å². The lowest BCUT2D eigenvalue weighted by Crippen LogP contribution is -2.53. The number of piperazine rings is 1. The van der Waals surface area contributed by atoms with E-state index in [4.69, 9.17) is 10.5 Å². The summed E-state index contributed by atoms with van der Waals surface area (Å²) in [6, 6.07) is 5.45. The number of alkyl halides is 3. The van der Waals surface area contributed by atoms with E-state index in [1.165, 1.54) is 6.26 Å². The number of nitrogens with two attached hydrogens (primary N) is 1. The average molecular weight is 465 g/mol. The van der Waals surface area contributed by atoms with E-state index in [2.05, 4.69) is 14.7 Å². The van der Waals surface area contributed by atoms with Gasteiger partial charge in [-0.15, -0.1) is 0 Å². The SMILES string of the molecule is CS(=O)(=O)CCN1CCN(C2CCN(c3ccc(N)c(OCC(F)(F)F)c3)CC2)CC1. The molecule has 2 N–H and O–H groups in total. The van der Waals surface area contributed by atoms with E-state index in [1.54, 1.807) is 12.1 Å². The van der Waals surface area contributed by atoms with Crippen LogP contribution in [0.15, 0.2) is 18.2 Å². The van der Waals surface area contributed by atoms with Crippen LogP contribution in [0.2, 0.25) is 0 Å². The zero-order chi connectivity index (χ0) is 22.6. The summed E-state index contributed by atoms with van der Waals surface area (Å²) in [6.45, 7) is 4.42. The Balaban J connectivity index is 1.48. The van der Waals surface area contributed by atoms with Crippen LogP contribution in [0.1, 0.15) is 12.8 Å². The lowest BCUT2D eigenvalue weighted by atomic mass is 10.0. The second kappa shape index (κ2) is 9.83. The smallest absolute Gasteiger partial charge is 0.422 e. The molecule has 7 nitrogen and oxygen atoms in total. The molecule has 0 spiro atoms. The number of ether oxygens (including phenoxy) is 1. The highest BCUT2D eigenvalue weighted by molar-refractivity contribution is 7.90. The molecule has 0 atom stereocenters. The zero-order valence-corrected chi connectivity index (χ0v) is 18.6. The van der Waals surface area contributed by atoms with Gasteiger partial charge in [0.2, 0.25) is 0 Å². The number of anilines is 2. The van der Waals surface area contributed by atoms with Crippen LogP contribution in [0, 0.1) is 0 Å².